The van der Waals surface area contributed by atoms with Crippen LogP contribution in [0.4, 0.5) is 4.79 Å². The van der Waals surface area contributed by atoms with Gasteiger partial charge in [-0.15, -0.1) is 0 Å². The van der Waals surface area contributed by atoms with Gasteiger partial charge in [0.2, 0.25) is 11.8 Å². The first kappa shape index (κ1) is 14.5. The van der Waals surface area contributed by atoms with Crippen molar-refractivity contribution in [3.63, 3.8) is 0 Å². The average molecular weight is 265 g/mol. The van der Waals surface area contributed by atoms with Gasteiger partial charge < -0.3 is 21.5 Å². The van der Waals surface area contributed by atoms with E-state index in [1.54, 1.807) is 24.3 Å². The Morgan fingerprint density at radius 1 is 1.16 bits per heavy atom. The van der Waals surface area contributed by atoms with Crippen molar-refractivity contribution in [2.45, 2.75) is 19.1 Å². The monoisotopic (exact) mass is 265 g/mol. The maximum Gasteiger partial charge on any atom is 0.408 e. The lowest BCUT2D eigenvalue weighted by Gasteiger charge is -2.13. The average Bonchev–Trinajstić information content (AvgIpc) is 2.36. The molecular weight excluding hydrogens is 250 g/mol. The minimum absolute atomic E-state index is 0.0503. The summed E-state index contributed by atoms with van der Waals surface area (Å²) in [6.45, 7) is 0.0503. The van der Waals surface area contributed by atoms with Crippen molar-refractivity contribution in [3.8, 4) is 0 Å². The van der Waals surface area contributed by atoms with Gasteiger partial charge >= 0.3 is 6.09 Å². The second kappa shape index (κ2) is 7.00. The largest absolute Gasteiger partial charge is 0.445 e. The standard InChI is InChI=1S/C12H15N3O4/c13-10(16)6-9(11(14)17)15-12(18)19-7-8-4-2-1-3-5-8/h1-5,9H,6-7H2,(H2,13,16)(H2,14,17)(H,15,18)/t9-/m0/s1. The van der Waals surface area contributed by atoms with E-state index < -0.39 is 23.9 Å². The molecule has 0 saturated carbocycles. The third-order valence-electron chi connectivity index (χ3n) is 2.25. The zero-order chi connectivity index (χ0) is 14.3. The zero-order valence-corrected chi connectivity index (χ0v) is 10.2. The summed E-state index contributed by atoms with van der Waals surface area (Å²) in [6.07, 6.45) is -1.20. The molecule has 0 heterocycles. The maximum atomic E-state index is 11.4. The van der Waals surface area contributed by atoms with Crippen molar-refractivity contribution in [3.05, 3.63) is 35.9 Å². The van der Waals surface area contributed by atoms with Crippen LogP contribution in [0.3, 0.4) is 0 Å². The van der Waals surface area contributed by atoms with Crippen LogP contribution in [0.15, 0.2) is 30.3 Å². The van der Waals surface area contributed by atoms with Gasteiger partial charge in [-0.25, -0.2) is 4.79 Å². The third kappa shape index (κ3) is 5.53. The van der Waals surface area contributed by atoms with Crippen molar-refractivity contribution >= 4 is 17.9 Å². The SMILES string of the molecule is NC(=O)C[C@H](NC(=O)OCc1ccccc1)C(N)=O. The quantitative estimate of drug-likeness (QED) is 0.649. The maximum absolute atomic E-state index is 11.4. The van der Waals surface area contributed by atoms with E-state index in [0.717, 1.165) is 5.56 Å². The number of hydrogen-bond donors (Lipinski definition) is 3. The van der Waals surface area contributed by atoms with Gasteiger partial charge in [-0.2, -0.15) is 0 Å². The van der Waals surface area contributed by atoms with Crippen LogP contribution in [0.5, 0.6) is 0 Å². The number of ether oxygens (including phenoxy) is 1. The Labute approximate surface area is 109 Å². The Hall–Kier alpha value is -2.57. The van der Waals surface area contributed by atoms with Gasteiger partial charge in [0.1, 0.15) is 12.6 Å². The van der Waals surface area contributed by atoms with E-state index >= 15 is 0 Å². The van der Waals surface area contributed by atoms with Crippen LogP contribution >= 0.6 is 0 Å². The second-order valence-electron chi connectivity index (χ2n) is 3.83. The number of amides is 3. The summed E-state index contributed by atoms with van der Waals surface area (Å²) in [7, 11) is 0. The van der Waals surface area contributed by atoms with E-state index in [4.69, 9.17) is 16.2 Å². The van der Waals surface area contributed by atoms with Crippen molar-refractivity contribution in [2.75, 3.05) is 0 Å². The fourth-order valence-electron chi connectivity index (χ4n) is 1.33. The van der Waals surface area contributed by atoms with E-state index in [0.29, 0.717) is 0 Å². The molecule has 7 heteroatoms. The van der Waals surface area contributed by atoms with Crippen LogP contribution in [0.25, 0.3) is 0 Å². The summed E-state index contributed by atoms with van der Waals surface area (Å²) >= 11 is 0. The molecule has 0 aliphatic rings. The number of carbonyl (C=O) groups is 3. The van der Waals surface area contributed by atoms with Crippen LogP contribution in [-0.4, -0.2) is 23.9 Å². The summed E-state index contributed by atoms with van der Waals surface area (Å²) in [6, 6.07) is 7.83. The van der Waals surface area contributed by atoms with E-state index in [2.05, 4.69) is 5.32 Å². The Kier molecular flexibility index (Phi) is 5.34. The second-order valence-corrected chi connectivity index (χ2v) is 3.83. The third-order valence-corrected chi connectivity index (χ3v) is 2.25. The smallest absolute Gasteiger partial charge is 0.408 e. The molecule has 0 bridgehead atoms. The molecular formula is C12H15N3O4. The van der Waals surface area contributed by atoms with Gasteiger partial charge in [-0.1, -0.05) is 30.3 Å². The van der Waals surface area contributed by atoms with E-state index in [9.17, 15) is 14.4 Å². The number of carbonyl (C=O) groups excluding carboxylic acids is 3. The van der Waals surface area contributed by atoms with E-state index in [1.165, 1.54) is 0 Å². The van der Waals surface area contributed by atoms with Crippen LogP contribution in [0.2, 0.25) is 0 Å². The number of nitrogens with two attached hydrogens (primary N) is 2. The number of alkyl carbamates (subject to hydrolysis) is 1. The Balaban J connectivity index is 2.45. The molecule has 0 unspecified atom stereocenters. The summed E-state index contributed by atoms with van der Waals surface area (Å²) < 4.78 is 4.88. The molecule has 0 aliphatic carbocycles. The van der Waals surface area contributed by atoms with Crippen LogP contribution in [0.1, 0.15) is 12.0 Å². The van der Waals surface area contributed by atoms with E-state index in [1.807, 2.05) is 6.07 Å². The van der Waals surface area contributed by atoms with Gasteiger partial charge in [-0.3, -0.25) is 9.59 Å². The highest BCUT2D eigenvalue weighted by atomic mass is 16.5. The molecule has 5 N–H and O–H groups in total. The van der Waals surface area contributed by atoms with Gasteiger partial charge in [0.05, 0.1) is 6.42 Å². The fraction of sp³-hybridized carbons (Fsp3) is 0.250. The first-order valence-electron chi connectivity index (χ1n) is 5.54. The van der Waals surface area contributed by atoms with Crippen molar-refractivity contribution < 1.29 is 19.1 Å². The molecule has 3 amide bonds. The first-order valence-corrected chi connectivity index (χ1v) is 5.54. The van der Waals surface area contributed by atoms with Crippen LogP contribution in [-0.2, 0) is 20.9 Å². The zero-order valence-electron chi connectivity index (χ0n) is 10.2. The molecule has 1 atom stereocenters. The molecule has 19 heavy (non-hydrogen) atoms. The van der Waals surface area contributed by atoms with Crippen molar-refractivity contribution in [1.82, 2.24) is 5.32 Å². The molecule has 102 valence electrons. The minimum Gasteiger partial charge on any atom is -0.445 e. The molecule has 1 aromatic carbocycles. The van der Waals surface area contributed by atoms with Crippen LogP contribution < -0.4 is 16.8 Å². The summed E-state index contributed by atoms with van der Waals surface area (Å²) in [5.74, 6) is -1.59. The lowest BCUT2D eigenvalue weighted by molar-refractivity contribution is -0.125. The Morgan fingerprint density at radius 2 is 1.79 bits per heavy atom. The molecule has 7 nitrogen and oxygen atoms in total. The highest BCUT2D eigenvalue weighted by Crippen LogP contribution is 2.01. The summed E-state index contributed by atoms with van der Waals surface area (Å²) in [5.41, 5.74) is 10.8. The lowest BCUT2D eigenvalue weighted by Crippen LogP contribution is -2.46. The van der Waals surface area contributed by atoms with E-state index in [-0.39, 0.29) is 13.0 Å². The summed E-state index contributed by atoms with van der Waals surface area (Å²) in [4.78, 5) is 33.1. The van der Waals surface area contributed by atoms with Gasteiger partial charge in [0.25, 0.3) is 0 Å². The number of primary amides is 2. The molecule has 0 fully saturated rings. The number of benzene rings is 1. The number of nitrogens with one attached hydrogen (secondary N) is 1. The molecule has 0 spiro atoms. The molecule has 0 radical (unpaired) electrons. The summed E-state index contributed by atoms with van der Waals surface area (Å²) in [5, 5.41) is 2.18. The molecule has 0 aliphatic heterocycles. The highest BCUT2D eigenvalue weighted by molar-refractivity contribution is 5.89. The molecule has 1 aromatic rings. The van der Waals surface area contributed by atoms with Crippen molar-refractivity contribution in [1.29, 1.82) is 0 Å². The predicted octanol–water partition coefficient (Wildman–Crippen LogP) is -0.358. The molecule has 1 rings (SSSR count). The molecule has 0 aromatic heterocycles. The van der Waals surface area contributed by atoms with Gasteiger partial charge in [0.15, 0.2) is 0 Å². The predicted molar refractivity (Wildman–Crippen MR) is 66.6 cm³/mol. The number of rotatable bonds is 6. The normalized spacial score (nSPS) is 11.4. The van der Waals surface area contributed by atoms with Crippen LogP contribution in [0, 0.1) is 0 Å². The van der Waals surface area contributed by atoms with Crippen molar-refractivity contribution in [2.24, 2.45) is 11.5 Å². The minimum atomic E-state index is -1.17. The number of hydrogen-bond acceptors (Lipinski definition) is 4. The van der Waals surface area contributed by atoms with Gasteiger partial charge in [0, 0.05) is 0 Å². The molecule has 0 saturated heterocycles. The highest BCUT2D eigenvalue weighted by Gasteiger charge is 2.20. The first-order chi connectivity index (χ1) is 8.99. The van der Waals surface area contributed by atoms with Gasteiger partial charge in [-0.05, 0) is 5.56 Å². The topological polar surface area (TPSA) is 125 Å². The Morgan fingerprint density at radius 3 is 2.32 bits per heavy atom. The lowest BCUT2D eigenvalue weighted by atomic mass is 10.2. The Bertz CT molecular complexity index is 461. The fourth-order valence-corrected chi connectivity index (χ4v) is 1.33.